The molecule has 0 amide bonds. The number of benzene rings is 2. The van der Waals surface area contributed by atoms with E-state index in [4.69, 9.17) is 4.74 Å². The van der Waals surface area contributed by atoms with Gasteiger partial charge in [-0.2, -0.15) is 4.98 Å². The molecule has 0 radical (unpaired) electrons. The lowest BCUT2D eigenvalue weighted by atomic mass is 10.2. The molecule has 0 unspecified atom stereocenters. The van der Waals surface area contributed by atoms with Gasteiger partial charge in [-0.05, 0) is 24.1 Å². The van der Waals surface area contributed by atoms with Gasteiger partial charge in [-0.25, -0.2) is 4.98 Å². The molecule has 4 rings (SSSR count). The van der Waals surface area contributed by atoms with Crippen molar-refractivity contribution in [3.63, 3.8) is 0 Å². The van der Waals surface area contributed by atoms with Gasteiger partial charge in [-0.15, -0.1) is 0 Å². The van der Waals surface area contributed by atoms with Crippen LogP contribution < -0.4 is 15.9 Å². The van der Waals surface area contributed by atoms with Crippen molar-refractivity contribution in [1.82, 2.24) is 19.5 Å². The number of nitrogens with zero attached hydrogens (tertiary/aromatic N) is 3. The zero-order chi connectivity index (χ0) is 20.9. The van der Waals surface area contributed by atoms with Gasteiger partial charge >= 0.3 is 11.1 Å². The smallest absolute Gasteiger partial charge is 0.318 e. The molecule has 0 bridgehead atoms. The summed E-state index contributed by atoms with van der Waals surface area (Å²) in [5.41, 5.74) is 0.109. The lowest BCUT2D eigenvalue weighted by molar-refractivity contribution is 0.460. The SMILES string of the molecule is CCCSc1nc(Oc2ccccc2)c2[nH]c(=O)c(=O)n(Cc3ccccc3)c2n1. The summed E-state index contributed by atoms with van der Waals surface area (Å²) < 4.78 is 7.34. The first-order valence-corrected chi connectivity index (χ1v) is 10.6. The van der Waals surface area contributed by atoms with E-state index in [2.05, 4.69) is 21.9 Å². The number of fused-ring (bicyclic) bond motifs is 1. The molecular formula is C22H20N4O3S. The minimum absolute atomic E-state index is 0.212. The normalized spacial score (nSPS) is 11.0. The zero-order valence-electron chi connectivity index (χ0n) is 16.4. The van der Waals surface area contributed by atoms with Crippen LogP contribution in [0, 0.1) is 0 Å². The van der Waals surface area contributed by atoms with Gasteiger partial charge in [0.25, 0.3) is 0 Å². The molecule has 0 saturated carbocycles. The number of rotatable bonds is 7. The fourth-order valence-corrected chi connectivity index (χ4v) is 3.63. The molecule has 0 aliphatic heterocycles. The van der Waals surface area contributed by atoms with Gasteiger partial charge < -0.3 is 9.72 Å². The molecule has 0 saturated heterocycles. The van der Waals surface area contributed by atoms with Crippen molar-refractivity contribution in [2.24, 2.45) is 0 Å². The van der Waals surface area contributed by atoms with E-state index in [1.165, 1.54) is 16.3 Å². The lowest BCUT2D eigenvalue weighted by Crippen LogP contribution is -2.37. The Kier molecular flexibility index (Phi) is 5.94. The number of thioether (sulfide) groups is 1. The van der Waals surface area contributed by atoms with Crippen LogP contribution in [0.2, 0.25) is 0 Å². The highest BCUT2D eigenvalue weighted by molar-refractivity contribution is 7.99. The Hall–Kier alpha value is -3.39. The lowest BCUT2D eigenvalue weighted by Gasteiger charge is -2.13. The van der Waals surface area contributed by atoms with Gasteiger partial charge in [0.15, 0.2) is 10.8 Å². The van der Waals surface area contributed by atoms with Gasteiger partial charge in [-0.1, -0.05) is 67.2 Å². The average Bonchev–Trinajstić information content (AvgIpc) is 2.77. The van der Waals surface area contributed by atoms with Crippen LogP contribution in [0.5, 0.6) is 11.6 Å². The number of H-pyrrole nitrogens is 1. The maximum atomic E-state index is 12.7. The Morgan fingerprint density at radius 2 is 1.70 bits per heavy atom. The summed E-state index contributed by atoms with van der Waals surface area (Å²) in [6, 6.07) is 18.6. The van der Waals surface area contributed by atoms with Crippen molar-refractivity contribution in [2.75, 3.05) is 5.75 Å². The van der Waals surface area contributed by atoms with E-state index >= 15 is 0 Å². The average molecular weight is 420 g/mol. The molecule has 0 atom stereocenters. The van der Waals surface area contributed by atoms with E-state index in [1.807, 2.05) is 48.5 Å². The van der Waals surface area contributed by atoms with Crippen molar-refractivity contribution in [1.29, 1.82) is 0 Å². The highest BCUT2D eigenvalue weighted by Gasteiger charge is 2.17. The minimum Gasteiger partial charge on any atom is -0.437 e. The number of aromatic nitrogens is 4. The topological polar surface area (TPSA) is 89.9 Å². The molecule has 0 fully saturated rings. The third kappa shape index (κ3) is 4.28. The van der Waals surface area contributed by atoms with Crippen molar-refractivity contribution in [3.8, 4) is 11.6 Å². The third-order valence-corrected chi connectivity index (χ3v) is 5.40. The van der Waals surface area contributed by atoms with Crippen molar-refractivity contribution < 1.29 is 4.74 Å². The Bertz CT molecular complexity index is 1270. The maximum Gasteiger partial charge on any atom is 0.318 e. The summed E-state index contributed by atoms with van der Waals surface area (Å²) in [5, 5.41) is 0.489. The molecule has 8 heteroatoms. The van der Waals surface area contributed by atoms with Gasteiger partial charge in [0, 0.05) is 5.75 Å². The minimum atomic E-state index is -0.742. The highest BCUT2D eigenvalue weighted by Crippen LogP contribution is 2.28. The van der Waals surface area contributed by atoms with Gasteiger partial charge in [0.05, 0.1) is 6.54 Å². The highest BCUT2D eigenvalue weighted by atomic mass is 32.2. The first-order valence-electron chi connectivity index (χ1n) is 9.60. The Morgan fingerprint density at radius 1 is 1.00 bits per heavy atom. The van der Waals surface area contributed by atoms with Gasteiger partial charge in [-0.3, -0.25) is 14.2 Å². The predicted molar refractivity (Wildman–Crippen MR) is 117 cm³/mol. The molecule has 0 aliphatic carbocycles. The van der Waals surface area contributed by atoms with Crippen LogP contribution in [0.25, 0.3) is 11.2 Å². The summed E-state index contributed by atoms with van der Waals surface area (Å²) in [6.45, 7) is 2.29. The van der Waals surface area contributed by atoms with Crippen LogP contribution in [-0.4, -0.2) is 25.3 Å². The fourth-order valence-electron chi connectivity index (χ4n) is 2.94. The van der Waals surface area contributed by atoms with Crippen molar-refractivity contribution >= 4 is 22.9 Å². The molecular weight excluding hydrogens is 400 g/mol. The fraction of sp³-hybridized carbons (Fsp3) is 0.182. The molecule has 2 heterocycles. The first kappa shape index (κ1) is 19.9. The Labute approximate surface area is 176 Å². The number of ether oxygens (including phenoxy) is 1. The van der Waals surface area contributed by atoms with Crippen LogP contribution >= 0.6 is 11.8 Å². The summed E-state index contributed by atoms with van der Waals surface area (Å²) in [4.78, 5) is 36.8. The molecule has 2 aromatic carbocycles. The molecule has 4 aromatic rings. The largest absolute Gasteiger partial charge is 0.437 e. The van der Waals surface area contributed by atoms with E-state index in [1.54, 1.807) is 12.1 Å². The van der Waals surface area contributed by atoms with Gasteiger partial charge in [0.2, 0.25) is 5.88 Å². The summed E-state index contributed by atoms with van der Waals surface area (Å²) in [6.07, 6.45) is 0.948. The van der Waals surface area contributed by atoms with Crippen molar-refractivity contribution in [3.05, 3.63) is 86.9 Å². The second kappa shape index (κ2) is 8.96. The summed E-state index contributed by atoms with van der Waals surface area (Å²) in [7, 11) is 0. The monoisotopic (exact) mass is 420 g/mol. The second-order valence-electron chi connectivity index (χ2n) is 6.60. The van der Waals surface area contributed by atoms with E-state index in [9.17, 15) is 9.59 Å². The number of hydrogen-bond donors (Lipinski definition) is 1. The molecule has 152 valence electrons. The van der Waals surface area contributed by atoms with E-state index < -0.39 is 11.1 Å². The van der Waals surface area contributed by atoms with E-state index in [0.717, 1.165) is 17.7 Å². The Morgan fingerprint density at radius 3 is 2.40 bits per heavy atom. The summed E-state index contributed by atoms with van der Waals surface area (Å²) >= 11 is 1.48. The van der Waals surface area contributed by atoms with E-state index in [-0.39, 0.29) is 12.4 Å². The number of para-hydroxylation sites is 1. The number of hydrogen-bond acceptors (Lipinski definition) is 6. The molecule has 1 N–H and O–H groups in total. The molecule has 30 heavy (non-hydrogen) atoms. The van der Waals surface area contributed by atoms with Crippen LogP contribution in [0.3, 0.4) is 0 Å². The van der Waals surface area contributed by atoms with Crippen LogP contribution in [0.1, 0.15) is 18.9 Å². The van der Waals surface area contributed by atoms with Crippen LogP contribution in [0.4, 0.5) is 0 Å². The van der Waals surface area contributed by atoms with Crippen LogP contribution in [-0.2, 0) is 6.54 Å². The molecule has 2 aromatic heterocycles. The molecule has 0 spiro atoms. The third-order valence-electron chi connectivity index (χ3n) is 4.35. The van der Waals surface area contributed by atoms with Crippen molar-refractivity contribution in [2.45, 2.75) is 25.0 Å². The zero-order valence-corrected chi connectivity index (χ0v) is 17.2. The predicted octanol–water partition coefficient (Wildman–Crippen LogP) is 3.82. The quantitative estimate of drug-likeness (QED) is 0.278. The maximum absolute atomic E-state index is 12.7. The van der Waals surface area contributed by atoms with E-state index in [0.29, 0.717) is 22.1 Å². The number of nitrogens with one attached hydrogen (secondary N) is 1. The second-order valence-corrected chi connectivity index (χ2v) is 7.67. The Balaban J connectivity index is 1.91. The van der Waals surface area contributed by atoms with Crippen LogP contribution in [0.15, 0.2) is 75.4 Å². The molecule has 7 nitrogen and oxygen atoms in total. The summed E-state index contributed by atoms with van der Waals surface area (Å²) in [5.74, 6) is 1.61. The first-order chi connectivity index (χ1) is 14.7. The standard InChI is InChI=1S/C22H20N4O3S/c1-2-13-30-22-24-18-17(20(25-22)29-16-11-7-4-8-12-16)23-19(27)21(28)26(18)14-15-9-5-3-6-10-15/h3-12H,2,13-14H2,1H3,(H,23,27). The molecule has 0 aliphatic rings. The number of aromatic amines is 1. The van der Waals surface area contributed by atoms with Gasteiger partial charge in [0.1, 0.15) is 11.3 Å².